The highest BCUT2D eigenvalue weighted by molar-refractivity contribution is 9.10. The van der Waals surface area contributed by atoms with Gasteiger partial charge < -0.3 is 15.2 Å². The van der Waals surface area contributed by atoms with Gasteiger partial charge in [-0.1, -0.05) is 15.9 Å². The van der Waals surface area contributed by atoms with E-state index in [2.05, 4.69) is 25.9 Å². The van der Waals surface area contributed by atoms with Crippen molar-refractivity contribution in [3.8, 4) is 11.8 Å². The summed E-state index contributed by atoms with van der Waals surface area (Å²) >= 11 is 3.29. The molecule has 0 fully saturated rings. The molecule has 0 saturated carbocycles. The first kappa shape index (κ1) is 12.6. The van der Waals surface area contributed by atoms with E-state index in [1.807, 2.05) is 0 Å². The first-order chi connectivity index (χ1) is 8.56. The fourth-order valence-corrected chi connectivity index (χ4v) is 1.99. The van der Waals surface area contributed by atoms with Crippen LogP contribution in [0.1, 0.15) is 10.4 Å². The van der Waals surface area contributed by atoms with Gasteiger partial charge in [-0.15, -0.1) is 0 Å². The van der Waals surface area contributed by atoms with Gasteiger partial charge in [0, 0.05) is 4.47 Å². The molecule has 0 aliphatic heterocycles. The maximum absolute atomic E-state index is 11.4. The minimum Gasteiger partial charge on any atom is -0.477 e. The molecule has 0 unspecified atom stereocenters. The van der Waals surface area contributed by atoms with E-state index in [0.717, 1.165) is 0 Å². The number of aromatic nitrogens is 2. The zero-order chi connectivity index (χ0) is 13.3. The van der Waals surface area contributed by atoms with E-state index in [1.165, 1.54) is 14.2 Å². The molecule has 2 rings (SSSR count). The van der Waals surface area contributed by atoms with Gasteiger partial charge in [0.2, 0.25) is 0 Å². The summed E-state index contributed by atoms with van der Waals surface area (Å²) in [6.07, 6.45) is 0. The average molecular weight is 312 g/mol. The molecule has 6 nitrogen and oxygen atoms in total. The van der Waals surface area contributed by atoms with Crippen molar-refractivity contribution in [2.24, 2.45) is 5.73 Å². The van der Waals surface area contributed by atoms with Crippen LogP contribution in [-0.2, 0) is 0 Å². The Morgan fingerprint density at radius 1 is 1.22 bits per heavy atom. The summed E-state index contributed by atoms with van der Waals surface area (Å²) in [6, 6.07) is 3.31. The number of hydrogen-bond acceptors (Lipinski definition) is 5. The molecule has 0 radical (unpaired) electrons. The summed E-state index contributed by atoms with van der Waals surface area (Å²) in [5.41, 5.74) is 6.46. The molecule has 1 aromatic heterocycles. The highest BCUT2D eigenvalue weighted by Crippen LogP contribution is 2.28. The Kier molecular flexibility index (Phi) is 3.33. The fourth-order valence-electron chi connectivity index (χ4n) is 1.55. The number of nitrogens with zero attached hydrogens (tertiary/aromatic N) is 2. The minimum atomic E-state index is -0.581. The summed E-state index contributed by atoms with van der Waals surface area (Å²) in [4.78, 5) is 19.8. The number of rotatable bonds is 3. The van der Waals surface area contributed by atoms with Gasteiger partial charge in [0.1, 0.15) is 5.52 Å². The van der Waals surface area contributed by atoms with Gasteiger partial charge in [0.15, 0.2) is 0 Å². The van der Waals surface area contributed by atoms with Crippen LogP contribution in [0, 0.1) is 0 Å². The number of halogens is 1. The number of fused-ring (bicyclic) bond motifs is 1. The zero-order valence-corrected chi connectivity index (χ0v) is 11.3. The van der Waals surface area contributed by atoms with E-state index < -0.39 is 5.91 Å². The average Bonchev–Trinajstić information content (AvgIpc) is 2.35. The molecule has 0 bridgehead atoms. The van der Waals surface area contributed by atoms with Crippen molar-refractivity contribution in [1.29, 1.82) is 0 Å². The highest BCUT2D eigenvalue weighted by Gasteiger charge is 2.15. The van der Waals surface area contributed by atoms with Crippen LogP contribution in [-0.4, -0.2) is 30.1 Å². The lowest BCUT2D eigenvalue weighted by Gasteiger charge is -2.09. The molecular weight excluding hydrogens is 302 g/mol. The number of amides is 1. The predicted molar refractivity (Wildman–Crippen MR) is 68.9 cm³/mol. The van der Waals surface area contributed by atoms with Gasteiger partial charge >= 0.3 is 0 Å². The molecule has 0 aliphatic rings. The predicted octanol–water partition coefficient (Wildman–Crippen LogP) is 1.51. The first-order valence-electron chi connectivity index (χ1n) is 4.96. The smallest absolute Gasteiger partial charge is 0.278 e. The van der Waals surface area contributed by atoms with Gasteiger partial charge in [-0.2, -0.15) is 0 Å². The summed E-state index contributed by atoms with van der Waals surface area (Å²) in [5, 5.41) is 0. The lowest BCUT2D eigenvalue weighted by molar-refractivity contribution is 0.100. The summed E-state index contributed by atoms with van der Waals surface area (Å²) in [7, 11) is 2.91. The molecule has 18 heavy (non-hydrogen) atoms. The monoisotopic (exact) mass is 311 g/mol. The van der Waals surface area contributed by atoms with Crippen LogP contribution in [0.15, 0.2) is 16.6 Å². The normalized spacial score (nSPS) is 10.4. The third-order valence-corrected chi connectivity index (χ3v) is 2.78. The Balaban J connectivity index is 2.83. The Morgan fingerprint density at radius 2 is 1.83 bits per heavy atom. The van der Waals surface area contributed by atoms with Crippen LogP contribution in [0.3, 0.4) is 0 Å². The maximum Gasteiger partial charge on any atom is 0.278 e. The van der Waals surface area contributed by atoms with Crippen LogP contribution >= 0.6 is 15.9 Å². The van der Waals surface area contributed by atoms with E-state index >= 15 is 0 Å². The minimum absolute atomic E-state index is 0.204. The number of benzene rings is 1. The topological polar surface area (TPSA) is 87.3 Å². The molecule has 7 heteroatoms. The van der Waals surface area contributed by atoms with E-state index in [-0.39, 0.29) is 17.3 Å². The van der Waals surface area contributed by atoms with Gasteiger partial charge in [0.05, 0.1) is 25.3 Å². The molecule has 2 N–H and O–H groups in total. The van der Waals surface area contributed by atoms with Crippen molar-refractivity contribution in [3.63, 3.8) is 0 Å². The highest BCUT2D eigenvalue weighted by atomic mass is 79.9. The zero-order valence-electron chi connectivity index (χ0n) is 9.73. The molecular formula is C11H10BrN3O3. The second-order valence-corrected chi connectivity index (χ2v) is 4.34. The van der Waals surface area contributed by atoms with Gasteiger partial charge in [-0.05, 0) is 12.1 Å². The van der Waals surface area contributed by atoms with Crippen LogP contribution in [0.4, 0.5) is 0 Å². The number of primary amides is 1. The lowest BCUT2D eigenvalue weighted by Crippen LogP contribution is -2.12. The van der Waals surface area contributed by atoms with Crippen LogP contribution in [0.5, 0.6) is 11.8 Å². The standard InChI is InChI=1S/C11H10BrN3O3/c1-17-10-11(18-2)15-8-6(9(13)16)3-5(12)4-7(8)14-10/h3-4H,1-2H3,(H2,13,16). The molecule has 0 aliphatic carbocycles. The summed E-state index contributed by atoms with van der Waals surface area (Å²) in [6.45, 7) is 0. The molecule has 1 aromatic carbocycles. The molecule has 2 aromatic rings. The quantitative estimate of drug-likeness (QED) is 0.928. The van der Waals surface area contributed by atoms with Crippen molar-refractivity contribution >= 4 is 32.9 Å². The van der Waals surface area contributed by atoms with Gasteiger partial charge in [0.25, 0.3) is 17.7 Å². The third kappa shape index (κ3) is 2.08. The van der Waals surface area contributed by atoms with E-state index in [4.69, 9.17) is 15.2 Å². The Labute approximate surface area is 111 Å². The largest absolute Gasteiger partial charge is 0.477 e. The van der Waals surface area contributed by atoms with E-state index in [9.17, 15) is 4.79 Å². The molecule has 0 atom stereocenters. The molecule has 94 valence electrons. The number of hydrogen-bond donors (Lipinski definition) is 1. The van der Waals surface area contributed by atoms with E-state index in [1.54, 1.807) is 12.1 Å². The second-order valence-electron chi connectivity index (χ2n) is 3.43. The van der Waals surface area contributed by atoms with Crippen molar-refractivity contribution in [2.45, 2.75) is 0 Å². The van der Waals surface area contributed by atoms with Crippen molar-refractivity contribution in [2.75, 3.05) is 14.2 Å². The lowest BCUT2D eigenvalue weighted by atomic mass is 10.1. The summed E-state index contributed by atoms with van der Waals surface area (Å²) < 4.78 is 10.8. The van der Waals surface area contributed by atoms with Gasteiger partial charge in [-0.3, -0.25) is 4.79 Å². The molecule has 0 saturated heterocycles. The van der Waals surface area contributed by atoms with Crippen LogP contribution in [0.2, 0.25) is 0 Å². The van der Waals surface area contributed by atoms with E-state index in [0.29, 0.717) is 15.5 Å². The molecule has 1 heterocycles. The Morgan fingerprint density at radius 3 is 2.39 bits per heavy atom. The Bertz CT molecular complexity index is 630. The summed E-state index contributed by atoms with van der Waals surface area (Å²) in [5.74, 6) is -0.129. The molecule has 0 spiro atoms. The first-order valence-corrected chi connectivity index (χ1v) is 5.75. The SMILES string of the molecule is COc1nc2cc(Br)cc(C(N)=O)c2nc1OC. The fraction of sp³-hybridized carbons (Fsp3) is 0.182. The molecule has 1 amide bonds. The Hall–Kier alpha value is -1.89. The number of carbonyl (C=O) groups is 1. The third-order valence-electron chi connectivity index (χ3n) is 2.33. The number of carbonyl (C=O) groups excluding carboxylic acids is 1. The van der Waals surface area contributed by atoms with Crippen LogP contribution < -0.4 is 15.2 Å². The second kappa shape index (κ2) is 4.77. The number of nitrogens with two attached hydrogens (primary N) is 1. The van der Waals surface area contributed by atoms with Crippen molar-refractivity contribution < 1.29 is 14.3 Å². The number of ether oxygens (including phenoxy) is 2. The van der Waals surface area contributed by atoms with Gasteiger partial charge in [-0.25, -0.2) is 9.97 Å². The number of methoxy groups -OCH3 is 2. The van der Waals surface area contributed by atoms with Crippen molar-refractivity contribution in [3.05, 3.63) is 22.2 Å². The van der Waals surface area contributed by atoms with Crippen LogP contribution in [0.25, 0.3) is 11.0 Å². The maximum atomic E-state index is 11.4. The van der Waals surface area contributed by atoms with Crippen molar-refractivity contribution in [1.82, 2.24) is 9.97 Å².